The maximum atomic E-state index is 12.3. The van der Waals surface area contributed by atoms with Gasteiger partial charge in [0, 0.05) is 11.0 Å². The van der Waals surface area contributed by atoms with Gasteiger partial charge in [-0.05, 0) is 57.0 Å². The molecule has 0 radical (unpaired) electrons. The van der Waals surface area contributed by atoms with Crippen LogP contribution in [0.4, 0.5) is 5.00 Å². The Morgan fingerprint density at radius 2 is 1.81 bits per heavy atom. The Labute approximate surface area is 157 Å². The molecule has 0 spiro atoms. The van der Waals surface area contributed by atoms with Crippen LogP contribution in [0.3, 0.4) is 0 Å². The van der Waals surface area contributed by atoms with Gasteiger partial charge in [0.05, 0.1) is 18.8 Å². The van der Waals surface area contributed by atoms with Crippen molar-refractivity contribution in [3.05, 3.63) is 51.9 Å². The lowest BCUT2D eigenvalue weighted by atomic mass is 10.1. The summed E-state index contributed by atoms with van der Waals surface area (Å²) in [5, 5.41) is 3.30. The summed E-state index contributed by atoms with van der Waals surface area (Å²) in [6, 6.07) is 7.36. The van der Waals surface area contributed by atoms with Crippen LogP contribution in [0.5, 0.6) is 5.75 Å². The van der Waals surface area contributed by atoms with Crippen molar-refractivity contribution in [1.29, 1.82) is 0 Å². The number of carbonyl (C=O) groups is 2. The first-order valence-corrected chi connectivity index (χ1v) is 9.07. The number of hydrogen-bond acceptors (Lipinski definition) is 5. The molecule has 0 aliphatic heterocycles. The van der Waals surface area contributed by atoms with Gasteiger partial charge < -0.3 is 14.8 Å². The van der Waals surface area contributed by atoms with Crippen LogP contribution < -0.4 is 10.1 Å². The Hall–Kier alpha value is -2.60. The van der Waals surface area contributed by atoms with E-state index < -0.39 is 5.97 Å². The van der Waals surface area contributed by atoms with E-state index in [9.17, 15) is 9.59 Å². The second-order valence-electron chi connectivity index (χ2n) is 6.04. The normalized spacial score (nSPS) is 11.0. The van der Waals surface area contributed by atoms with Gasteiger partial charge in [0.1, 0.15) is 10.8 Å². The van der Waals surface area contributed by atoms with Crippen LogP contribution in [0.1, 0.15) is 40.2 Å². The van der Waals surface area contributed by atoms with Gasteiger partial charge in [-0.15, -0.1) is 11.3 Å². The molecule has 1 aromatic heterocycles. The summed E-state index contributed by atoms with van der Waals surface area (Å²) in [7, 11) is 1.60. The molecule has 1 N–H and O–H groups in total. The van der Waals surface area contributed by atoms with Crippen LogP contribution in [0.25, 0.3) is 6.08 Å². The third kappa shape index (κ3) is 4.95. The van der Waals surface area contributed by atoms with Crippen molar-refractivity contribution >= 4 is 34.3 Å². The summed E-state index contributed by atoms with van der Waals surface area (Å²) in [5.41, 5.74) is 2.13. The Balaban J connectivity index is 2.14. The van der Waals surface area contributed by atoms with E-state index in [4.69, 9.17) is 9.47 Å². The van der Waals surface area contributed by atoms with Crippen LogP contribution >= 0.6 is 11.3 Å². The smallest absolute Gasteiger partial charge is 0.341 e. The van der Waals surface area contributed by atoms with Gasteiger partial charge in [-0.3, -0.25) is 4.79 Å². The number of nitrogens with one attached hydrogen (secondary N) is 1. The minimum atomic E-state index is -0.420. The number of thiophene rings is 1. The van der Waals surface area contributed by atoms with E-state index in [1.807, 2.05) is 38.1 Å². The van der Waals surface area contributed by atoms with Gasteiger partial charge >= 0.3 is 5.97 Å². The van der Waals surface area contributed by atoms with Crippen LogP contribution in [-0.4, -0.2) is 25.1 Å². The molecule has 1 aromatic carbocycles. The predicted octanol–water partition coefficient (Wildman–Crippen LogP) is 4.59. The Kier molecular flexibility index (Phi) is 6.58. The lowest BCUT2D eigenvalue weighted by Crippen LogP contribution is -2.15. The Bertz CT molecular complexity index is 819. The van der Waals surface area contributed by atoms with Crippen molar-refractivity contribution in [2.24, 2.45) is 0 Å². The first-order valence-electron chi connectivity index (χ1n) is 8.26. The number of methoxy groups -OCH3 is 1. The summed E-state index contributed by atoms with van der Waals surface area (Å²) in [6.45, 7) is 7.35. The SMILES string of the molecule is COc1ccc(/C=C\C(=O)Nc2sc(C)c(C)c2C(=O)OC(C)C)cc1. The number of amides is 1. The molecular formula is C20H23NO4S. The van der Waals surface area contributed by atoms with E-state index in [0.29, 0.717) is 10.6 Å². The number of ether oxygens (including phenoxy) is 2. The summed E-state index contributed by atoms with van der Waals surface area (Å²) in [5.74, 6) is 0.0291. The molecule has 5 nitrogen and oxygen atoms in total. The number of esters is 1. The minimum absolute atomic E-state index is 0.222. The zero-order valence-electron chi connectivity index (χ0n) is 15.6. The van der Waals surface area contributed by atoms with E-state index in [2.05, 4.69) is 5.32 Å². The maximum absolute atomic E-state index is 12.3. The van der Waals surface area contributed by atoms with Crippen molar-refractivity contribution < 1.29 is 19.1 Å². The molecule has 6 heteroatoms. The summed E-state index contributed by atoms with van der Waals surface area (Å²) in [4.78, 5) is 25.6. The quantitative estimate of drug-likeness (QED) is 0.594. The van der Waals surface area contributed by atoms with Crippen molar-refractivity contribution in [1.82, 2.24) is 0 Å². The average molecular weight is 373 g/mol. The number of hydrogen-bond donors (Lipinski definition) is 1. The first kappa shape index (κ1) is 19.7. The zero-order valence-corrected chi connectivity index (χ0v) is 16.4. The molecule has 1 amide bonds. The molecule has 2 aromatic rings. The highest BCUT2D eigenvalue weighted by Crippen LogP contribution is 2.33. The van der Waals surface area contributed by atoms with Gasteiger partial charge in [-0.2, -0.15) is 0 Å². The summed E-state index contributed by atoms with van der Waals surface area (Å²) in [6.07, 6.45) is 2.92. The van der Waals surface area contributed by atoms with Gasteiger partial charge in [-0.1, -0.05) is 12.1 Å². The van der Waals surface area contributed by atoms with Crippen LogP contribution in [-0.2, 0) is 9.53 Å². The topological polar surface area (TPSA) is 64.6 Å². The Morgan fingerprint density at radius 1 is 1.15 bits per heavy atom. The predicted molar refractivity (Wildman–Crippen MR) is 105 cm³/mol. The highest BCUT2D eigenvalue weighted by molar-refractivity contribution is 7.16. The fourth-order valence-corrected chi connectivity index (χ4v) is 3.33. The van der Waals surface area contributed by atoms with Crippen LogP contribution in [0.15, 0.2) is 30.3 Å². The lowest BCUT2D eigenvalue weighted by molar-refractivity contribution is -0.111. The third-order valence-corrected chi connectivity index (χ3v) is 4.83. The van der Waals surface area contributed by atoms with E-state index in [0.717, 1.165) is 21.8 Å². The third-order valence-electron chi connectivity index (χ3n) is 3.71. The van der Waals surface area contributed by atoms with E-state index in [1.54, 1.807) is 27.0 Å². The fourth-order valence-electron chi connectivity index (χ4n) is 2.27. The van der Waals surface area contributed by atoms with E-state index >= 15 is 0 Å². The molecule has 0 aliphatic carbocycles. The molecule has 0 atom stereocenters. The molecule has 138 valence electrons. The standard InChI is InChI=1S/C20H23NO4S/c1-12(2)25-20(23)18-13(3)14(4)26-19(18)21-17(22)11-8-15-6-9-16(24-5)10-7-15/h6-12H,1-5H3,(H,21,22)/b11-8-. The van der Waals surface area contributed by atoms with Crippen molar-refractivity contribution in [3.8, 4) is 5.75 Å². The summed E-state index contributed by atoms with van der Waals surface area (Å²) >= 11 is 1.37. The fraction of sp³-hybridized carbons (Fsp3) is 0.300. The number of benzene rings is 1. The monoisotopic (exact) mass is 373 g/mol. The van der Waals surface area contributed by atoms with Gasteiger partial charge in [0.2, 0.25) is 5.91 Å². The second-order valence-corrected chi connectivity index (χ2v) is 7.26. The highest BCUT2D eigenvalue weighted by atomic mass is 32.1. The van der Waals surface area contributed by atoms with E-state index in [-0.39, 0.29) is 12.0 Å². The molecule has 0 bridgehead atoms. The molecular weight excluding hydrogens is 350 g/mol. The van der Waals surface area contributed by atoms with E-state index in [1.165, 1.54) is 17.4 Å². The number of aryl methyl sites for hydroxylation is 1. The maximum Gasteiger partial charge on any atom is 0.341 e. The molecule has 1 heterocycles. The average Bonchev–Trinajstić information content (AvgIpc) is 2.86. The van der Waals surface area contributed by atoms with Crippen LogP contribution in [0, 0.1) is 13.8 Å². The first-order chi connectivity index (χ1) is 12.3. The van der Waals surface area contributed by atoms with Gasteiger partial charge in [-0.25, -0.2) is 4.79 Å². The molecule has 0 aliphatic rings. The number of anilines is 1. The zero-order chi connectivity index (χ0) is 19.3. The number of rotatable bonds is 6. The molecule has 0 unspecified atom stereocenters. The van der Waals surface area contributed by atoms with Crippen molar-refractivity contribution in [3.63, 3.8) is 0 Å². The highest BCUT2D eigenvalue weighted by Gasteiger charge is 2.22. The Morgan fingerprint density at radius 3 is 2.38 bits per heavy atom. The van der Waals surface area contributed by atoms with Crippen LogP contribution in [0.2, 0.25) is 0 Å². The van der Waals surface area contributed by atoms with Gasteiger partial charge in [0.15, 0.2) is 0 Å². The largest absolute Gasteiger partial charge is 0.497 e. The number of carbonyl (C=O) groups excluding carboxylic acids is 2. The molecule has 2 rings (SSSR count). The second kappa shape index (κ2) is 8.67. The molecule has 26 heavy (non-hydrogen) atoms. The molecule has 0 saturated heterocycles. The van der Waals surface area contributed by atoms with Crippen molar-refractivity contribution in [2.45, 2.75) is 33.8 Å². The molecule has 0 fully saturated rings. The lowest BCUT2D eigenvalue weighted by Gasteiger charge is -2.09. The molecule has 0 saturated carbocycles. The van der Waals surface area contributed by atoms with Gasteiger partial charge in [0.25, 0.3) is 0 Å². The minimum Gasteiger partial charge on any atom is -0.497 e. The summed E-state index contributed by atoms with van der Waals surface area (Å²) < 4.78 is 10.4. The van der Waals surface area contributed by atoms with Crippen molar-refractivity contribution in [2.75, 3.05) is 12.4 Å².